The van der Waals surface area contributed by atoms with Crippen LogP contribution in [0.4, 0.5) is 24.7 Å². The van der Waals surface area contributed by atoms with Gasteiger partial charge in [0.15, 0.2) is 0 Å². The van der Waals surface area contributed by atoms with Gasteiger partial charge >= 0.3 is 6.18 Å². The van der Waals surface area contributed by atoms with Gasteiger partial charge in [-0.2, -0.15) is 13.2 Å². The molecular weight excluding hydrogens is 431 g/mol. The highest BCUT2D eigenvalue weighted by Crippen LogP contribution is 2.35. The van der Waals surface area contributed by atoms with Crippen molar-refractivity contribution >= 4 is 34.0 Å². The number of aromatic nitrogens is 3. The quantitative estimate of drug-likeness (QED) is 0.411. The molecule has 3 N–H and O–H groups in total. The average molecular weight is 452 g/mol. The monoisotopic (exact) mass is 451 g/mol. The fourth-order valence-corrected chi connectivity index (χ4v) is 3.90. The van der Waals surface area contributed by atoms with Crippen molar-refractivity contribution in [3.63, 3.8) is 0 Å². The number of fused-ring (bicyclic) bond motifs is 1. The number of benzene rings is 1. The second-order valence-corrected chi connectivity index (χ2v) is 7.94. The number of nitrogen functional groups attached to an aromatic ring is 1. The van der Waals surface area contributed by atoms with Gasteiger partial charge in [-0.05, 0) is 61.2 Å². The Morgan fingerprint density at radius 3 is 2.61 bits per heavy atom. The number of rotatable bonds is 4. The van der Waals surface area contributed by atoms with Gasteiger partial charge in [0.2, 0.25) is 5.28 Å². The molecule has 0 saturated carbocycles. The van der Waals surface area contributed by atoms with Crippen LogP contribution in [0.3, 0.4) is 0 Å². The number of hydrogen-bond donors (Lipinski definition) is 2. The van der Waals surface area contributed by atoms with E-state index in [2.05, 4.69) is 20.3 Å². The summed E-state index contributed by atoms with van der Waals surface area (Å²) in [5.41, 5.74) is 6.79. The van der Waals surface area contributed by atoms with Crippen LogP contribution in [-0.2, 0) is 10.9 Å². The molecule has 6 nitrogen and oxygen atoms in total. The van der Waals surface area contributed by atoms with Crippen molar-refractivity contribution in [2.75, 3.05) is 24.3 Å². The highest BCUT2D eigenvalue weighted by atomic mass is 35.5. The van der Waals surface area contributed by atoms with E-state index >= 15 is 0 Å². The summed E-state index contributed by atoms with van der Waals surface area (Å²) in [6.45, 7) is 3.10. The zero-order valence-corrected chi connectivity index (χ0v) is 17.5. The molecule has 31 heavy (non-hydrogen) atoms. The summed E-state index contributed by atoms with van der Waals surface area (Å²) in [4.78, 5) is 13.0. The lowest BCUT2D eigenvalue weighted by atomic mass is 9.95. The molecule has 0 amide bonds. The van der Waals surface area contributed by atoms with Gasteiger partial charge in [0.05, 0.1) is 23.3 Å². The Labute approximate surface area is 182 Å². The minimum Gasteiger partial charge on any atom is -0.399 e. The van der Waals surface area contributed by atoms with E-state index in [0.29, 0.717) is 35.5 Å². The van der Waals surface area contributed by atoms with Gasteiger partial charge in [-0.15, -0.1) is 0 Å². The molecule has 1 aliphatic heterocycles. The highest BCUT2D eigenvalue weighted by molar-refractivity contribution is 6.28. The number of alkyl halides is 3. The molecule has 1 aromatic carbocycles. The van der Waals surface area contributed by atoms with E-state index in [0.717, 1.165) is 30.7 Å². The van der Waals surface area contributed by atoms with Gasteiger partial charge in [-0.1, -0.05) is 0 Å². The van der Waals surface area contributed by atoms with Crippen molar-refractivity contribution < 1.29 is 17.9 Å². The molecular formula is C21H21ClF3N5O. The lowest BCUT2D eigenvalue weighted by Gasteiger charge is -2.22. The second-order valence-electron chi connectivity index (χ2n) is 7.61. The maximum Gasteiger partial charge on any atom is 0.416 e. The Morgan fingerprint density at radius 2 is 1.90 bits per heavy atom. The first kappa shape index (κ1) is 21.6. The fourth-order valence-electron chi connectivity index (χ4n) is 3.73. The van der Waals surface area contributed by atoms with Crippen LogP contribution in [0, 0.1) is 0 Å². The Morgan fingerprint density at radius 1 is 1.16 bits per heavy atom. The molecule has 0 radical (unpaired) electrons. The number of ether oxygens (including phenoxy) is 1. The third kappa shape index (κ3) is 4.83. The first-order valence-corrected chi connectivity index (χ1v) is 10.2. The number of nitrogens with one attached hydrogen (secondary N) is 1. The Bertz CT molecular complexity index is 1100. The molecule has 0 spiro atoms. The Hall–Kier alpha value is -2.65. The third-order valence-corrected chi connectivity index (χ3v) is 5.54. The van der Waals surface area contributed by atoms with Gasteiger partial charge in [0.25, 0.3) is 0 Å². The van der Waals surface area contributed by atoms with Gasteiger partial charge in [-0.25, -0.2) is 9.97 Å². The van der Waals surface area contributed by atoms with E-state index in [1.165, 1.54) is 6.07 Å². The lowest BCUT2D eigenvalue weighted by molar-refractivity contribution is -0.137. The van der Waals surface area contributed by atoms with Gasteiger partial charge < -0.3 is 15.8 Å². The van der Waals surface area contributed by atoms with Gasteiger partial charge in [-0.3, -0.25) is 4.98 Å². The summed E-state index contributed by atoms with van der Waals surface area (Å²) in [6.07, 6.45) is -1.10. The summed E-state index contributed by atoms with van der Waals surface area (Å²) in [7, 11) is 0. The van der Waals surface area contributed by atoms with Crippen LogP contribution in [0.25, 0.3) is 10.9 Å². The molecule has 1 atom stereocenters. The number of nitrogens with two attached hydrogens (primary N) is 1. The number of nitrogens with zero attached hydrogens (tertiary/aromatic N) is 3. The zero-order valence-electron chi connectivity index (χ0n) is 16.7. The van der Waals surface area contributed by atoms with Crippen LogP contribution in [-0.4, -0.2) is 28.2 Å². The van der Waals surface area contributed by atoms with Crippen molar-refractivity contribution in [1.82, 2.24) is 15.0 Å². The molecule has 1 aliphatic rings. The molecule has 3 heterocycles. The second kappa shape index (κ2) is 8.47. The van der Waals surface area contributed by atoms with E-state index in [1.54, 1.807) is 13.1 Å². The Kier molecular flexibility index (Phi) is 5.90. The molecule has 10 heteroatoms. The number of pyridine rings is 1. The van der Waals surface area contributed by atoms with Crippen molar-refractivity contribution in [2.24, 2.45) is 0 Å². The number of anilines is 2. The van der Waals surface area contributed by atoms with Crippen LogP contribution in [0.2, 0.25) is 5.28 Å². The fraction of sp³-hybridized carbons (Fsp3) is 0.381. The zero-order chi connectivity index (χ0) is 22.2. The molecule has 0 aliphatic carbocycles. The van der Waals surface area contributed by atoms with Crippen LogP contribution in [0.5, 0.6) is 0 Å². The number of hydrogen-bond acceptors (Lipinski definition) is 6. The van der Waals surface area contributed by atoms with Gasteiger partial charge in [0.1, 0.15) is 5.82 Å². The number of halogens is 4. The highest BCUT2D eigenvalue weighted by Gasteiger charge is 2.31. The van der Waals surface area contributed by atoms with Crippen LogP contribution in [0.15, 0.2) is 30.5 Å². The molecule has 2 aromatic heterocycles. The summed E-state index contributed by atoms with van der Waals surface area (Å²) < 4.78 is 45.0. The SMILES string of the molecule is C[C@@H](Nc1nc(Cl)nc2cnc(C3CCOCC3)cc12)c1cc(N)cc(C(F)(F)F)c1. The van der Waals surface area contributed by atoms with E-state index in [9.17, 15) is 13.2 Å². The smallest absolute Gasteiger partial charge is 0.399 e. The predicted octanol–water partition coefficient (Wildman–Crippen LogP) is 5.35. The summed E-state index contributed by atoms with van der Waals surface area (Å²) in [6, 6.07) is 4.90. The standard InChI is InChI=1S/C21H21ClF3N5O/c1-11(13-6-14(21(23,24)25)8-15(26)7-13)28-19-16-9-17(12-2-4-31-5-3-12)27-10-18(16)29-20(22)30-19/h6-12H,2-5,26H2,1H3,(H,28,29,30)/t11-/m1/s1. The maximum atomic E-state index is 13.2. The molecule has 3 aromatic rings. The summed E-state index contributed by atoms with van der Waals surface area (Å²) in [5, 5.41) is 3.89. The van der Waals surface area contributed by atoms with E-state index < -0.39 is 17.8 Å². The van der Waals surface area contributed by atoms with Crippen molar-refractivity contribution in [2.45, 2.75) is 37.9 Å². The normalized spacial score (nSPS) is 16.4. The minimum absolute atomic E-state index is 0.0198. The molecule has 0 unspecified atom stereocenters. The first-order chi connectivity index (χ1) is 14.7. The van der Waals surface area contributed by atoms with Crippen LogP contribution >= 0.6 is 11.6 Å². The summed E-state index contributed by atoms with van der Waals surface area (Å²) in [5.74, 6) is 0.691. The third-order valence-electron chi connectivity index (χ3n) is 5.37. The Balaban J connectivity index is 1.69. The summed E-state index contributed by atoms with van der Waals surface area (Å²) >= 11 is 6.08. The molecule has 164 valence electrons. The van der Waals surface area contributed by atoms with Crippen molar-refractivity contribution in [3.05, 3.63) is 52.6 Å². The largest absolute Gasteiger partial charge is 0.416 e. The molecule has 1 fully saturated rings. The predicted molar refractivity (Wildman–Crippen MR) is 113 cm³/mol. The van der Waals surface area contributed by atoms with Crippen molar-refractivity contribution in [3.8, 4) is 0 Å². The van der Waals surface area contributed by atoms with Crippen molar-refractivity contribution in [1.29, 1.82) is 0 Å². The van der Waals surface area contributed by atoms with E-state index in [-0.39, 0.29) is 16.9 Å². The topological polar surface area (TPSA) is 86.0 Å². The first-order valence-electron chi connectivity index (χ1n) is 9.86. The average Bonchev–Trinajstić information content (AvgIpc) is 2.73. The minimum atomic E-state index is -4.49. The van der Waals surface area contributed by atoms with Gasteiger partial charge in [0, 0.05) is 35.9 Å². The molecule has 4 rings (SSSR count). The lowest BCUT2D eigenvalue weighted by Crippen LogP contribution is -2.15. The maximum absolute atomic E-state index is 13.2. The van der Waals surface area contributed by atoms with E-state index in [4.69, 9.17) is 22.1 Å². The molecule has 0 bridgehead atoms. The van der Waals surface area contributed by atoms with Crippen LogP contribution in [0.1, 0.15) is 48.5 Å². The van der Waals surface area contributed by atoms with Crippen LogP contribution < -0.4 is 11.1 Å². The molecule has 1 saturated heterocycles. The van der Waals surface area contributed by atoms with E-state index in [1.807, 2.05) is 6.07 Å².